The van der Waals surface area contributed by atoms with E-state index in [4.69, 9.17) is 11.6 Å². The number of fused-ring (bicyclic) bond motifs is 1. The van der Waals surface area contributed by atoms with Gasteiger partial charge in [-0.1, -0.05) is 29.8 Å². The number of hydrogen-bond donors (Lipinski definition) is 2. The highest BCUT2D eigenvalue weighted by molar-refractivity contribution is 6.30. The Kier molecular flexibility index (Phi) is 4.24. The van der Waals surface area contributed by atoms with Crippen LogP contribution in [0.5, 0.6) is 0 Å². The first-order valence-electron chi connectivity index (χ1n) is 8.19. The van der Waals surface area contributed by atoms with Gasteiger partial charge in [-0.05, 0) is 35.7 Å². The number of amides is 1. The molecule has 126 valence electrons. The lowest BCUT2D eigenvalue weighted by Crippen LogP contribution is -2.26. The van der Waals surface area contributed by atoms with Crippen LogP contribution in [-0.2, 0) is 12.8 Å². The molecule has 6 heteroatoms. The molecule has 2 aromatic heterocycles. The van der Waals surface area contributed by atoms with Crippen LogP contribution in [0.3, 0.4) is 0 Å². The Morgan fingerprint density at radius 1 is 1.20 bits per heavy atom. The predicted octanol–water partition coefficient (Wildman–Crippen LogP) is 3.12. The quantitative estimate of drug-likeness (QED) is 0.760. The van der Waals surface area contributed by atoms with Crippen LogP contribution >= 0.6 is 11.6 Å². The summed E-state index contributed by atoms with van der Waals surface area (Å²) in [6, 6.07) is 11.7. The molecule has 1 aliphatic heterocycles. The number of nitrogens with zero attached hydrogens (tertiary/aromatic N) is 2. The molecule has 0 spiro atoms. The molecule has 3 aromatic rings. The molecule has 1 aromatic carbocycles. The molecule has 1 atom stereocenters. The number of benzene rings is 1. The van der Waals surface area contributed by atoms with Crippen LogP contribution in [-0.4, -0.2) is 27.4 Å². The first kappa shape index (κ1) is 15.8. The second kappa shape index (κ2) is 6.69. The van der Waals surface area contributed by atoms with Crippen molar-refractivity contribution in [3.05, 3.63) is 82.2 Å². The molecule has 3 heterocycles. The van der Waals surface area contributed by atoms with E-state index in [1.54, 1.807) is 6.20 Å². The Balaban J connectivity index is 1.61. The number of pyridine rings is 1. The fraction of sp³-hybridized carbons (Fsp3) is 0.211. The van der Waals surface area contributed by atoms with Crippen molar-refractivity contribution in [3.63, 3.8) is 0 Å². The molecule has 0 unspecified atom stereocenters. The van der Waals surface area contributed by atoms with Crippen molar-refractivity contribution in [3.8, 4) is 0 Å². The lowest BCUT2D eigenvalue weighted by molar-refractivity contribution is 0.0950. The standard InChI is InChI=1S/C19H17ClN4O/c20-15-5-3-13(4-6-15)14-9-16-18(19(25)22-11-14)24-17(23-16)8-12-2-1-7-21-10-12/h1-7,10,14H,8-9,11H2,(H,22,25)(H,23,24)/t14-/m0/s1. The number of rotatable bonds is 3. The zero-order valence-corrected chi connectivity index (χ0v) is 14.3. The van der Waals surface area contributed by atoms with Gasteiger partial charge < -0.3 is 10.3 Å². The Labute approximate surface area is 150 Å². The van der Waals surface area contributed by atoms with Gasteiger partial charge in [-0.15, -0.1) is 0 Å². The number of carbonyl (C=O) groups excluding carboxylic acids is 1. The minimum atomic E-state index is -0.125. The largest absolute Gasteiger partial charge is 0.350 e. The third-order valence-electron chi connectivity index (χ3n) is 4.44. The monoisotopic (exact) mass is 352 g/mol. The van der Waals surface area contributed by atoms with Crippen LogP contribution < -0.4 is 5.32 Å². The lowest BCUT2D eigenvalue weighted by Gasteiger charge is -2.14. The number of carbonyl (C=O) groups is 1. The second-order valence-electron chi connectivity index (χ2n) is 6.21. The molecule has 0 saturated carbocycles. The third kappa shape index (κ3) is 3.42. The van der Waals surface area contributed by atoms with Gasteiger partial charge in [0.25, 0.3) is 5.91 Å². The summed E-state index contributed by atoms with van der Waals surface area (Å²) in [5.41, 5.74) is 3.59. The fourth-order valence-corrected chi connectivity index (χ4v) is 3.29. The van der Waals surface area contributed by atoms with Crippen LogP contribution in [0.15, 0.2) is 48.8 Å². The van der Waals surface area contributed by atoms with Crippen LogP contribution in [0, 0.1) is 0 Å². The van der Waals surface area contributed by atoms with Crippen LogP contribution in [0.2, 0.25) is 5.02 Å². The summed E-state index contributed by atoms with van der Waals surface area (Å²) in [6.45, 7) is 0.586. The summed E-state index contributed by atoms with van der Waals surface area (Å²) in [4.78, 5) is 24.3. The second-order valence-corrected chi connectivity index (χ2v) is 6.65. The summed E-state index contributed by atoms with van der Waals surface area (Å²) in [5, 5.41) is 3.68. The molecular formula is C19H17ClN4O. The van der Waals surface area contributed by atoms with Crippen molar-refractivity contribution in [1.82, 2.24) is 20.3 Å². The topological polar surface area (TPSA) is 70.7 Å². The summed E-state index contributed by atoms with van der Waals surface area (Å²) >= 11 is 5.98. The van der Waals surface area contributed by atoms with E-state index < -0.39 is 0 Å². The highest BCUT2D eigenvalue weighted by Gasteiger charge is 2.26. The normalized spacial score (nSPS) is 16.8. The summed E-state index contributed by atoms with van der Waals surface area (Å²) in [6.07, 6.45) is 4.91. The summed E-state index contributed by atoms with van der Waals surface area (Å²) < 4.78 is 0. The molecule has 0 fully saturated rings. The maximum absolute atomic E-state index is 12.4. The van der Waals surface area contributed by atoms with Crippen LogP contribution in [0.1, 0.15) is 39.1 Å². The van der Waals surface area contributed by atoms with Gasteiger partial charge in [0, 0.05) is 42.0 Å². The van der Waals surface area contributed by atoms with Gasteiger partial charge in [0.05, 0.1) is 0 Å². The van der Waals surface area contributed by atoms with E-state index in [1.807, 2.05) is 42.6 Å². The summed E-state index contributed by atoms with van der Waals surface area (Å²) in [5.74, 6) is 0.846. The number of halogens is 1. The number of H-pyrrole nitrogens is 1. The Bertz CT molecular complexity index is 890. The Morgan fingerprint density at radius 2 is 2.04 bits per heavy atom. The van der Waals surface area contributed by atoms with Gasteiger partial charge in [0.15, 0.2) is 0 Å². The van der Waals surface area contributed by atoms with E-state index in [2.05, 4.69) is 20.3 Å². The predicted molar refractivity (Wildman–Crippen MR) is 95.9 cm³/mol. The Morgan fingerprint density at radius 3 is 2.80 bits per heavy atom. The molecule has 2 N–H and O–H groups in total. The molecule has 0 aliphatic carbocycles. The highest BCUT2D eigenvalue weighted by Crippen LogP contribution is 2.25. The maximum atomic E-state index is 12.4. The number of imidazole rings is 1. The van der Waals surface area contributed by atoms with Crippen molar-refractivity contribution in [2.45, 2.75) is 18.8 Å². The summed E-state index contributed by atoms with van der Waals surface area (Å²) in [7, 11) is 0. The minimum Gasteiger partial charge on any atom is -0.350 e. The van der Waals surface area contributed by atoms with Crippen molar-refractivity contribution in [2.75, 3.05) is 6.54 Å². The van der Waals surface area contributed by atoms with E-state index in [0.29, 0.717) is 23.7 Å². The Hall–Kier alpha value is -2.66. The minimum absolute atomic E-state index is 0.125. The number of nitrogens with one attached hydrogen (secondary N) is 2. The van der Waals surface area contributed by atoms with Crippen molar-refractivity contribution in [2.24, 2.45) is 0 Å². The molecule has 4 rings (SSSR count). The zero-order chi connectivity index (χ0) is 17.2. The van der Waals surface area contributed by atoms with Gasteiger partial charge in [-0.3, -0.25) is 9.78 Å². The molecule has 0 radical (unpaired) electrons. The smallest absolute Gasteiger partial charge is 0.271 e. The molecule has 0 saturated heterocycles. The van der Waals surface area contributed by atoms with E-state index in [-0.39, 0.29) is 11.8 Å². The van der Waals surface area contributed by atoms with Crippen molar-refractivity contribution >= 4 is 17.5 Å². The molecular weight excluding hydrogens is 336 g/mol. The van der Waals surface area contributed by atoms with Gasteiger partial charge in [0.2, 0.25) is 0 Å². The van der Waals surface area contributed by atoms with Gasteiger partial charge in [0.1, 0.15) is 11.5 Å². The number of hydrogen-bond acceptors (Lipinski definition) is 3. The average Bonchev–Trinajstić information content (AvgIpc) is 2.95. The first-order chi connectivity index (χ1) is 12.2. The highest BCUT2D eigenvalue weighted by atomic mass is 35.5. The lowest BCUT2D eigenvalue weighted by atomic mass is 9.94. The molecule has 0 bridgehead atoms. The zero-order valence-electron chi connectivity index (χ0n) is 13.5. The van der Waals surface area contributed by atoms with Crippen LogP contribution in [0.4, 0.5) is 0 Å². The fourth-order valence-electron chi connectivity index (χ4n) is 3.17. The van der Waals surface area contributed by atoms with E-state index in [1.165, 1.54) is 0 Å². The molecule has 5 nitrogen and oxygen atoms in total. The van der Waals surface area contributed by atoms with Crippen molar-refractivity contribution < 1.29 is 4.79 Å². The van der Waals surface area contributed by atoms with Gasteiger partial charge >= 0.3 is 0 Å². The molecule has 25 heavy (non-hydrogen) atoms. The van der Waals surface area contributed by atoms with Gasteiger partial charge in [-0.25, -0.2) is 4.98 Å². The average molecular weight is 353 g/mol. The molecule has 1 amide bonds. The number of aromatic amines is 1. The number of aromatic nitrogens is 3. The SMILES string of the molecule is O=C1NC[C@@H](c2ccc(Cl)cc2)Cc2[nH]c(Cc3cccnc3)nc21. The van der Waals surface area contributed by atoms with E-state index in [9.17, 15) is 4.79 Å². The first-order valence-corrected chi connectivity index (χ1v) is 8.57. The van der Waals surface area contributed by atoms with Gasteiger partial charge in [-0.2, -0.15) is 0 Å². The third-order valence-corrected chi connectivity index (χ3v) is 4.69. The maximum Gasteiger partial charge on any atom is 0.271 e. The van der Waals surface area contributed by atoms with E-state index >= 15 is 0 Å². The van der Waals surface area contributed by atoms with Crippen LogP contribution in [0.25, 0.3) is 0 Å². The van der Waals surface area contributed by atoms with Crippen molar-refractivity contribution in [1.29, 1.82) is 0 Å². The molecule has 1 aliphatic rings. The van der Waals surface area contributed by atoms with E-state index in [0.717, 1.165) is 29.1 Å².